The largest absolute Gasteiger partial charge is 0.506 e. The predicted octanol–water partition coefficient (Wildman–Crippen LogP) is 4.31. The van der Waals surface area contributed by atoms with Crippen LogP contribution in [0.25, 0.3) is 10.8 Å². The fourth-order valence-electron chi connectivity index (χ4n) is 2.63. The van der Waals surface area contributed by atoms with Gasteiger partial charge in [0.15, 0.2) is 0 Å². The number of nitro groups is 1. The number of nitro benzene ring substituents is 1. The van der Waals surface area contributed by atoms with Crippen LogP contribution in [0.15, 0.2) is 64.4 Å². The van der Waals surface area contributed by atoms with Gasteiger partial charge < -0.3 is 10.0 Å². The summed E-state index contributed by atoms with van der Waals surface area (Å²) in [5.74, 6) is -0.427. The third-order valence-electron chi connectivity index (χ3n) is 3.90. The maximum atomic E-state index is 12.4. The van der Waals surface area contributed by atoms with Crippen LogP contribution in [0.5, 0.6) is 5.75 Å². The second-order valence-electron chi connectivity index (χ2n) is 5.84. The number of para-hydroxylation sites is 1. The zero-order chi connectivity index (χ0) is 18.8. The van der Waals surface area contributed by atoms with Crippen LogP contribution in [-0.2, 0) is 0 Å². The highest BCUT2D eigenvalue weighted by Crippen LogP contribution is 2.42. The lowest BCUT2D eigenvalue weighted by Gasteiger charge is -2.15. The molecule has 0 unspecified atom stereocenters. The first kappa shape index (κ1) is 17.8. The Morgan fingerprint density at radius 2 is 1.65 bits per heavy atom. The van der Waals surface area contributed by atoms with Gasteiger partial charge in [-0.15, -0.1) is 0 Å². The molecule has 0 atom stereocenters. The Kier molecular flexibility index (Phi) is 4.81. The third-order valence-corrected chi connectivity index (χ3v) is 5.02. The fourth-order valence-corrected chi connectivity index (χ4v) is 3.72. The lowest BCUT2D eigenvalue weighted by molar-refractivity contribution is -0.387. The van der Waals surface area contributed by atoms with Crippen LogP contribution in [0.3, 0.4) is 0 Å². The number of fused-ring (bicyclic) bond motifs is 1. The van der Waals surface area contributed by atoms with Crippen molar-refractivity contribution >= 4 is 34.1 Å². The Balaban J connectivity index is 2.21. The number of hydrogen-bond acceptors (Lipinski definition) is 5. The van der Waals surface area contributed by atoms with E-state index in [4.69, 9.17) is 0 Å². The van der Waals surface area contributed by atoms with Crippen molar-refractivity contribution < 1.29 is 14.8 Å². The molecule has 0 aromatic heterocycles. The number of phenols is 1. The van der Waals surface area contributed by atoms with E-state index in [2.05, 4.69) is 0 Å². The maximum absolute atomic E-state index is 12.4. The van der Waals surface area contributed by atoms with Gasteiger partial charge in [0.05, 0.1) is 15.4 Å². The molecule has 0 saturated carbocycles. The Bertz CT molecular complexity index is 1020. The molecule has 0 spiro atoms. The van der Waals surface area contributed by atoms with E-state index in [-0.39, 0.29) is 22.9 Å². The molecule has 0 radical (unpaired) electrons. The molecule has 1 N–H and O–H groups in total. The highest BCUT2D eigenvalue weighted by atomic mass is 32.2. The van der Waals surface area contributed by atoms with Crippen molar-refractivity contribution in [3.05, 3.63) is 70.3 Å². The molecular formula is C19H16N2O4S. The van der Waals surface area contributed by atoms with E-state index >= 15 is 0 Å². The second kappa shape index (κ2) is 7.05. The van der Waals surface area contributed by atoms with E-state index in [9.17, 15) is 20.0 Å². The number of aromatic hydroxyl groups is 1. The molecule has 3 aromatic carbocycles. The van der Waals surface area contributed by atoms with E-state index in [0.29, 0.717) is 15.2 Å². The number of carbonyl (C=O) groups is 1. The van der Waals surface area contributed by atoms with Crippen molar-refractivity contribution in [3.8, 4) is 5.75 Å². The van der Waals surface area contributed by atoms with E-state index in [1.807, 2.05) is 12.1 Å². The Hall–Kier alpha value is -3.06. The normalized spacial score (nSPS) is 10.7. The van der Waals surface area contributed by atoms with E-state index in [1.165, 1.54) is 22.7 Å². The van der Waals surface area contributed by atoms with Crippen LogP contribution in [0, 0.1) is 10.1 Å². The SMILES string of the molecule is CN(C)C(=O)c1cc(Sc2ccccc2[N+](=O)[O-])c2ccccc2c1O. The van der Waals surface area contributed by atoms with Crippen molar-refractivity contribution in [1.29, 1.82) is 0 Å². The molecule has 0 saturated heterocycles. The van der Waals surface area contributed by atoms with Gasteiger partial charge in [-0.2, -0.15) is 0 Å². The van der Waals surface area contributed by atoms with Gasteiger partial charge in [-0.3, -0.25) is 14.9 Å². The highest BCUT2D eigenvalue weighted by molar-refractivity contribution is 7.99. The second-order valence-corrected chi connectivity index (χ2v) is 6.93. The van der Waals surface area contributed by atoms with Crippen molar-refractivity contribution in [2.45, 2.75) is 9.79 Å². The topological polar surface area (TPSA) is 83.7 Å². The van der Waals surface area contributed by atoms with Gasteiger partial charge >= 0.3 is 0 Å². The third kappa shape index (κ3) is 3.21. The summed E-state index contributed by atoms with van der Waals surface area (Å²) in [5.41, 5.74) is 0.157. The minimum absolute atomic E-state index is 0.00450. The van der Waals surface area contributed by atoms with Crippen molar-refractivity contribution in [1.82, 2.24) is 4.90 Å². The molecular weight excluding hydrogens is 352 g/mol. The van der Waals surface area contributed by atoms with Gasteiger partial charge in [-0.1, -0.05) is 48.2 Å². The zero-order valence-electron chi connectivity index (χ0n) is 14.2. The molecule has 3 rings (SSSR count). The van der Waals surface area contributed by atoms with Crippen LogP contribution >= 0.6 is 11.8 Å². The molecule has 0 fully saturated rings. The molecule has 26 heavy (non-hydrogen) atoms. The minimum Gasteiger partial charge on any atom is -0.506 e. The van der Waals surface area contributed by atoms with Gasteiger partial charge in [-0.25, -0.2) is 0 Å². The lowest BCUT2D eigenvalue weighted by atomic mass is 10.0. The standard InChI is InChI=1S/C19H16N2O4S/c1-20(2)19(23)14-11-17(12-7-3-4-8-13(12)18(14)22)26-16-10-6-5-9-15(16)21(24)25/h3-11,22H,1-2H3. The molecule has 6 nitrogen and oxygen atoms in total. The summed E-state index contributed by atoms with van der Waals surface area (Å²) >= 11 is 1.20. The fraction of sp³-hybridized carbons (Fsp3) is 0.105. The number of hydrogen-bond donors (Lipinski definition) is 1. The van der Waals surface area contributed by atoms with E-state index in [1.54, 1.807) is 50.5 Å². The van der Waals surface area contributed by atoms with Gasteiger partial charge in [0, 0.05) is 30.4 Å². The van der Waals surface area contributed by atoms with Gasteiger partial charge in [0.2, 0.25) is 0 Å². The van der Waals surface area contributed by atoms with Crippen LogP contribution in [0.4, 0.5) is 5.69 Å². The molecule has 0 heterocycles. The van der Waals surface area contributed by atoms with Crippen molar-refractivity contribution in [2.24, 2.45) is 0 Å². The van der Waals surface area contributed by atoms with E-state index < -0.39 is 4.92 Å². The van der Waals surface area contributed by atoms with Crippen LogP contribution in [0.1, 0.15) is 10.4 Å². The zero-order valence-corrected chi connectivity index (χ0v) is 15.0. The maximum Gasteiger partial charge on any atom is 0.283 e. The lowest BCUT2D eigenvalue weighted by Crippen LogP contribution is -2.21. The average Bonchev–Trinajstić information content (AvgIpc) is 2.63. The summed E-state index contributed by atoms with van der Waals surface area (Å²) in [7, 11) is 3.21. The first-order chi connectivity index (χ1) is 12.4. The summed E-state index contributed by atoms with van der Waals surface area (Å²) in [4.78, 5) is 25.8. The smallest absolute Gasteiger partial charge is 0.283 e. The Morgan fingerprint density at radius 3 is 2.31 bits per heavy atom. The molecule has 132 valence electrons. The number of carbonyl (C=O) groups excluding carboxylic acids is 1. The summed E-state index contributed by atoms with van der Waals surface area (Å²) in [6.45, 7) is 0. The summed E-state index contributed by atoms with van der Waals surface area (Å²) in [6, 6.07) is 15.2. The van der Waals surface area contributed by atoms with Gasteiger partial charge in [0.25, 0.3) is 11.6 Å². The van der Waals surface area contributed by atoms with Gasteiger partial charge in [0.1, 0.15) is 5.75 Å². The van der Waals surface area contributed by atoms with E-state index in [0.717, 1.165) is 5.39 Å². The quantitative estimate of drug-likeness (QED) is 0.548. The predicted molar refractivity (Wildman–Crippen MR) is 101 cm³/mol. The van der Waals surface area contributed by atoms with Gasteiger partial charge in [-0.05, 0) is 17.5 Å². The monoisotopic (exact) mass is 368 g/mol. The Morgan fingerprint density at radius 1 is 1.04 bits per heavy atom. The number of amides is 1. The van der Waals surface area contributed by atoms with Crippen LogP contribution in [0.2, 0.25) is 0 Å². The highest BCUT2D eigenvalue weighted by Gasteiger charge is 2.21. The molecule has 1 amide bonds. The molecule has 7 heteroatoms. The molecule has 3 aromatic rings. The van der Waals surface area contributed by atoms with Crippen molar-refractivity contribution in [2.75, 3.05) is 14.1 Å². The van der Waals surface area contributed by atoms with Crippen molar-refractivity contribution in [3.63, 3.8) is 0 Å². The van der Waals surface area contributed by atoms with Crippen LogP contribution in [-0.4, -0.2) is 34.9 Å². The molecule has 0 aliphatic carbocycles. The first-order valence-electron chi connectivity index (χ1n) is 7.77. The number of nitrogens with zero attached hydrogens (tertiary/aromatic N) is 2. The Labute approximate surface area is 154 Å². The summed E-state index contributed by atoms with van der Waals surface area (Å²) < 4.78 is 0. The number of benzene rings is 3. The number of rotatable bonds is 4. The molecule has 0 aliphatic rings. The summed E-state index contributed by atoms with van der Waals surface area (Å²) in [6.07, 6.45) is 0. The molecule has 0 bridgehead atoms. The summed E-state index contributed by atoms with van der Waals surface area (Å²) in [5, 5.41) is 23.1. The first-order valence-corrected chi connectivity index (χ1v) is 8.59. The van der Waals surface area contributed by atoms with Crippen LogP contribution < -0.4 is 0 Å². The molecule has 0 aliphatic heterocycles. The number of phenolic OH excluding ortho intramolecular Hbond substituents is 1. The minimum atomic E-state index is -0.434. The average molecular weight is 368 g/mol.